The van der Waals surface area contributed by atoms with Crippen LogP contribution in [0.2, 0.25) is 5.02 Å². The van der Waals surface area contributed by atoms with E-state index in [1.165, 1.54) is 0 Å². The van der Waals surface area contributed by atoms with Gasteiger partial charge < -0.3 is 15.2 Å². The molecule has 2 aromatic rings. The zero-order valence-electron chi connectivity index (χ0n) is 12.3. The fourth-order valence-electron chi connectivity index (χ4n) is 2.23. The standard InChI is InChI=1S/C17H20ClNO2/c1-12-4-3-5-14(17(12)20)11-19-9-8-13-6-7-15(18)10-16(13)21-2/h3-7,10,19-20H,8-9,11H2,1-2H3. The maximum Gasteiger partial charge on any atom is 0.123 e. The van der Waals surface area contributed by atoms with Gasteiger partial charge >= 0.3 is 0 Å². The van der Waals surface area contributed by atoms with Gasteiger partial charge in [0, 0.05) is 17.1 Å². The monoisotopic (exact) mass is 305 g/mol. The van der Waals surface area contributed by atoms with E-state index in [0.717, 1.165) is 35.4 Å². The van der Waals surface area contributed by atoms with Gasteiger partial charge in [0.15, 0.2) is 0 Å². The second-order valence-electron chi connectivity index (χ2n) is 4.97. The topological polar surface area (TPSA) is 41.5 Å². The highest BCUT2D eigenvalue weighted by Crippen LogP contribution is 2.24. The van der Waals surface area contributed by atoms with E-state index in [2.05, 4.69) is 5.32 Å². The molecule has 0 aliphatic carbocycles. The molecule has 0 aliphatic heterocycles. The molecule has 0 unspecified atom stereocenters. The van der Waals surface area contributed by atoms with Gasteiger partial charge in [-0.2, -0.15) is 0 Å². The number of benzene rings is 2. The van der Waals surface area contributed by atoms with Gasteiger partial charge in [0.05, 0.1) is 7.11 Å². The number of hydrogen-bond donors (Lipinski definition) is 2. The molecule has 0 fully saturated rings. The van der Waals surface area contributed by atoms with Crippen LogP contribution in [0.15, 0.2) is 36.4 Å². The van der Waals surface area contributed by atoms with Crippen molar-refractivity contribution in [2.24, 2.45) is 0 Å². The Morgan fingerprint density at radius 1 is 1.19 bits per heavy atom. The molecule has 0 aromatic heterocycles. The summed E-state index contributed by atoms with van der Waals surface area (Å²) in [5, 5.41) is 14.0. The van der Waals surface area contributed by atoms with Gasteiger partial charge in [-0.3, -0.25) is 0 Å². The largest absolute Gasteiger partial charge is 0.507 e. The zero-order valence-corrected chi connectivity index (χ0v) is 13.1. The lowest BCUT2D eigenvalue weighted by Crippen LogP contribution is -2.17. The first-order chi connectivity index (χ1) is 10.1. The normalized spacial score (nSPS) is 10.6. The van der Waals surface area contributed by atoms with Crippen LogP contribution < -0.4 is 10.1 Å². The van der Waals surface area contributed by atoms with Crippen molar-refractivity contribution < 1.29 is 9.84 Å². The van der Waals surface area contributed by atoms with Crippen LogP contribution in [0.3, 0.4) is 0 Å². The predicted octanol–water partition coefficient (Wildman–Crippen LogP) is 3.69. The van der Waals surface area contributed by atoms with E-state index in [0.29, 0.717) is 17.3 Å². The number of aromatic hydroxyl groups is 1. The maximum absolute atomic E-state index is 9.95. The van der Waals surface area contributed by atoms with Crippen molar-refractivity contribution in [2.45, 2.75) is 19.9 Å². The van der Waals surface area contributed by atoms with Crippen LogP contribution in [-0.4, -0.2) is 18.8 Å². The molecule has 0 aliphatic rings. The first-order valence-electron chi connectivity index (χ1n) is 6.92. The summed E-state index contributed by atoms with van der Waals surface area (Å²) in [4.78, 5) is 0. The highest BCUT2D eigenvalue weighted by atomic mass is 35.5. The number of halogens is 1. The molecule has 2 aromatic carbocycles. The molecule has 2 rings (SSSR count). The molecule has 21 heavy (non-hydrogen) atoms. The van der Waals surface area contributed by atoms with Gasteiger partial charge in [0.2, 0.25) is 0 Å². The van der Waals surface area contributed by atoms with Gasteiger partial charge in [-0.05, 0) is 43.1 Å². The summed E-state index contributed by atoms with van der Waals surface area (Å²) in [7, 11) is 1.65. The Bertz CT molecular complexity index is 614. The minimum atomic E-state index is 0.370. The number of rotatable bonds is 6. The first-order valence-corrected chi connectivity index (χ1v) is 7.30. The van der Waals surface area contributed by atoms with E-state index in [9.17, 15) is 5.11 Å². The summed E-state index contributed by atoms with van der Waals surface area (Å²) in [6, 6.07) is 11.5. The van der Waals surface area contributed by atoms with Crippen LogP contribution in [0.4, 0.5) is 0 Å². The van der Waals surface area contributed by atoms with Gasteiger partial charge in [-0.1, -0.05) is 35.9 Å². The number of para-hydroxylation sites is 1. The third-order valence-corrected chi connectivity index (χ3v) is 3.69. The predicted molar refractivity (Wildman–Crippen MR) is 86.3 cm³/mol. The summed E-state index contributed by atoms with van der Waals surface area (Å²) in [6.45, 7) is 3.34. The number of hydrogen-bond acceptors (Lipinski definition) is 3. The first kappa shape index (κ1) is 15.7. The molecule has 0 radical (unpaired) electrons. The van der Waals surface area contributed by atoms with Crippen LogP contribution in [0.1, 0.15) is 16.7 Å². The van der Waals surface area contributed by atoms with Crippen molar-refractivity contribution >= 4 is 11.6 Å². The molecular formula is C17H20ClNO2. The van der Waals surface area contributed by atoms with Crippen LogP contribution >= 0.6 is 11.6 Å². The van der Waals surface area contributed by atoms with E-state index in [1.54, 1.807) is 7.11 Å². The van der Waals surface area contributed by atoms with E-state index >= 15 is 0 Å². The van der Waals surface area contributed by atoms with Crippen LogP contribution in [0.25, 0.3) is 0 Å². The Morgan fingerprint density at radius 2 is 2.00 bits per heavy atom. The third kappa shape index (κ3) is 4.13. The summed E-state index contributed by atoms with van der Waals surface area (Å²) < 4.78 is 5.32. The van der Waals surface area contributed by atoms with Gasteiger partial charge in [-0.15, -0.1) is 0 Å². The molecule has 4 heteroatoms. The molecule has 2 N–H and O–H groups in total. The Hall–Kier alpha value is -1.71. The number of aryl methyl sites for hydroxylation is 1. The van der Waals surface area contributed by atoms with Gasteiger partial charge in [0.1, 0.15) is 11.5 Å². The van der Waals surface area contributed by atoms with Crippen molar-refractivity contribution in [1.82, 2.24) is 5.32 Å². The minimum Gasteiger partial charge on any atom is -0.507 e. The Balaban J connectivity index is 1.89. The quantitative estimate of drug-likeness (QED) is 0.800. The summed E-state index contributed by atoms with van der Waals surface area (Å²) in [6.07, 6.45) is 0.840. The number of phenols is 1. The zero-order chi connectivity index (χ0) is 15.2. The molecule has 0 spiro atoms. The maximum atomic E-state index is 9.95. The van der Waals surface area contributed by atoms with Crippen LogP contribution in [0, 0.1) is 6.92 Å². The lowest BCUT2D eigenvalue weighted by molar-refractivity contribution is 0.409. The summed E-state index contributed by atoms with van der Waals surface area (Å²) >= 11 is 5.95. The van der Waals surface area contributed by atoms with Crippen molar-refractivity contribution in [3.63, 3.8) is 0 Å². The van der Waals surface area contributed by atoms with Crippen molar-refractivity contribution in [3.05, 3.63) is 58.1 Å². The number of phenolic OH excluding ortho intramolecular Hbond substituents is 1. The summed E-state index contributed by atoms with van der Waals surface area (Å²) in [5.74, 6) is 1.18. The van der Waals surface area contributed by atoms with Gasteiger partial charge in [-0.25, -0.2) is 0 Å². The lowest BCUT2D eigenvalue weighted by Gasteiger charge is -2.11. The average Bonchev–Trinajstić information content (AvgIpc) is 2.48. The molecule has 0 amide bonds. The smallest absolute Gasteiger partial charge is 0.123 e. The molecule has 0 bridgehead atoms. The number of methoxy groups -OCH3 is 1. The minimum absolute atomic E-state index is 0.370. The molecule has 0 saturated carbocycles. The van der Waals surface area contributed by atoms with Crippen LogP contribution in [-0.2, 0) is 13.0 Å². The molecular weight excluding hydrogens is 286 g/mol. The molecule has 3 nitrogen and oxygen atoms in total. The Labute approximate surface area is 130 Å². The van der Waals surface area contributed by atoms with Crippen molar-refractivity contribution in [1.29, 1.82) is 0 Å². The number of ether oxygens (including phenoxy) is 1. The molecule has 0 saturated heterocycles. The van der Waals surface area contributed by atoms with Crippen molar-refractivity contribution in [2.75, 3.05) is 13.7 Å². The molecule has 112 valence electrons. The SMILES string of the molecule is COc1cc(Cl)ccc1CCNCc1cccc(C)c1O. The molecule has 0 heterocycles. The summed E-state index contributed by atoms with van der Waals surface area (Å²) in [5.41, 5.74) is 2.93. The fraction of sp³-hybridized carbons (Fsp3) is 0.294. The molecule has 0 atom stereocenters. The van der Waals surface area contributed by atoms with Crippen LogP contribution in [0.5, 0.6) is 11.5 Å². The lowest BCUT2D eigenvalue weighted by atomic mass is 10.1. The highest BCUT2D eigenvalue weighted by molar-refractivity contribution is 6.30. The van der Waals surface area contributed by atoms with E-state index < -0.39 is 0 Å². The third-order valence-electron chi connectivity index (χ3n) is 3.46. The van der Waals surface area contributed by atoms with E-state index in [-0.39, 0.29) is 0 Å². The second-order valence-corrected chi connectivity index (χ2v) is 5.40. The fourth-order valence-corrected chi connectivity index (χ4v) is 2.40. The average molecular weight is 306 g/mol. The van der Waals surface area contributed by atoms with Gasteiger partial charge in [0.25, 0.3) is 0 Å². The van der Waals surface area contributed by atoms with E-state index in [1.807, 2.05) is 43.3 Å². The highest BCUT2D eigenvalue weighted by Gasteiger charge is 2.05. The van der Waals surface area contributed by atoms with E-state index in [4.69, 9.17) is 16.3 Å². The Kier molecular flexibility index (Phi) is 5.48. The number of nitrogens with one attached hydrogen (secondary N) is 1. The Morgan fingerprint density at radius 3 is 2.76 bits per heavy atom. The second kappa shape index (κ2) is 7.34. The van der Waals surface area contributed by atoms with Crippen molar-refractivity contribution in [3.8, 4) is 11.5 Å².